The van der Waals surface area contributed by atoms with Crippen molar-refractivity contribution in [1.82, 2.24) is 5.32 Å². The summed E-state index contributed by atoms with van der Waals surface area (Å²) in [5.41, 5.74) is 2.46. The van der Waals surface area contributed by atoms with Crippen LogP contribution in [0.2, 0.25) is 5.02 Å². The Kier molecular flexibility index (Phi) is 6.39. The average Bonchev–Trinajstić information content (AvgIpc) is 3.14. The lowest BCUT2D eigenvalue weighted by molar-refractivity contribution is -0.117. The molecule has 0 spiro atoms. The molecule has 29 heavy (non-hydrogen) atoms. The number of amides is 3. The van der Waals surface area contributed by atoms with Gasteiger partial charge in [0.15, 0.2) is 0 Å². The maximum Gasteiger partial charge on any atom is 0.251 e. The molecular weight excluding hydrogens is 394 g/mol. The predicted molar refractivity (Wildman–Crippen MR) is 112 cm³/mol. The van der Waals surface area contributed by atoms with Gasteiger partial charge in [0.05, 0.1) is 19.3 Å². The molecule has 0 radical (unpaired) electrons. The van der Waals surface area contributed by atoms with Crippen molar-refractivity contribution in [1.29, 1.82) is 0 Å². The molecule has 1 heterocycles. The first-order valence-electron chi connectivity index (χ1n) is 9.21. The molecule has 3 rings (SSSR count). The molecule has 1 saturated heterocycles. The number of benzene rings is 2. The zero-order chi connectivity index (χ0) is 21.0. The fourth-order valence-corrected chi connectivity index (χ4v) is 3.25. The Morgan fingerprint density at radius 2 is 1.93 bits per heavy atom. The van der Waals surface area contributed by atoms with Crippen molar-refractivity contribution in [3.05, 3.63) is 52.5 Å². The molecule has 1 fully saturated rings. The van der Waals surface area contributed by atoms with E-state index in [1.54, 1.807) is 41.3 Å². The second-order valence-corrected chi connectivity index (χ2v) is 7.14. The van der Waals surface area contributed by atoms with E-state index >= 15 is 0 Å². The average molecular weight is 416 g/mol. The zero-order valence-corrected chi connectivity index (χ0v) is 17.0. The summed E-state index contributed by atoms with van der Waals surface area (Å²) in [6, 6.07) is 10.1. The second kappa shape index (κ2) is 8.96. The van der Waals surface area contributed by atoms with E-state index in [0.29, 0.717) is 35.0 Å². The number of hydrogen-bond acceptors (Lipinski definition) is 4. The standard InChI is InChI=1S/C21H22ClN3O4/c1-13-10-17(18(29-2)11-16(13)22)24-19(26)12-23-21(28)14-5-7-15(8-6-14)25-9-3-4-20(25)27/h5-8,10-11H,3-4,9,12H2,1-2H3,(H,23,28)(H,24,26). The second-order valence-electron chi connectivity index (χ2n) is 6.73. The minimum absolute atomic E-state index is 0.0896. The van der Waals surface area contributed by atoms with Crippen LogP contribution >= 0.6 is 11.6 Å². The van der Waals surface area contributed by atoms with Gasteiger partial charge in [0, 0.05) is 35.3 Å². The van der Waals surface area contributed by atoms with Gasteiger partial charge < -0.3 is 20.3 Å². The lowest BCUT2D eigenvalue weighted by Gasteiger charge is -2.16. The van der Waals surface area contributed by atoms with Crippen molar-refractivity contribution in [3.63, 3.8) is 0 Å². The first-order valence-corrected chi connectivity index (χ1v) is 9.59. The van der Waals surface area contributed by atoms with Crippen LogP contribution in [0.25, 0.3) is 0 Å². The highest BCUT2D eigenvalue weighted by atomic mass is 35.5. The molecule has 2 N–H and O–H groups in total. The number of methoxy groups -OCH3 is 1. The molecule has 1 aliphatic rings. The summed E-state index contributed by atoms with van der Waals surface area (Å²) in [4.78, 5) is 38.0. The molecule has 2 aromatic rings. The van der Waals surface area contributed by atoms with Gasteiger partial charge in [-0.2, -0.15) is 0 Å². The van der Waals surface area contributed by atoms with Crippen molar-refractivity contribution in [2.45, 2.75) is 19.8 Å². The summed E-state index contributed by atoms with van der Waals surface area (Å²) in [5, 5.41) is 5.82. The third-order valence-electron chi connectivity index (χ3n) is 4.68. The number of carbonyl (C=O) groups excluding carboxylic acids is 3. The smallest absolute Gasteiger partial charge is 0.251 e. The Labute approximate surface area is 174 Å². The highest BCUT2D eigenvalue weighted by Gasteiger charge is 2.21. The van der Waals surface area contributed by atoms with E-state index < -0.39 is 5.91 Å². The van der Waals surface area contributed by atoms with Gasteiger partial charge in [0.1, 0.15) is 5.75 Å². The van der Waals surface area contributed by atoms with Crippen molar-refractivity contribution in [2.24, 2.45) is 0 Å². The molecule has 2 aromatic carbocycles. The predicted octanol–water partition coefficient (Wildman–Crippen LogP) is 3.15. The Bertz CT molecular complexity index is 944. The van der Waals surface area contributed by atoms with Crippen LogP contribution in [-0.2, 0) is 9.59 Å². The molecule has 1 aliphatic heterocycles. The van der Waals surface area contributed by atoms with E-state index in [-0.39, 0.29) is 18.4 Å². The molecule has 7 nitrogen and oxygen atoms in total. The quantitative estimate of drug-likeness (QED) is 0.758. The first-order chi connectivity index (χ1) is 13.9. The summed E-state index contributed by atoms with van der Waals surface area (Å²) in [5.74, 6) is -0.240. The molecule has 152 valence electrons. The van der Waals surface area contributed by atoms with Crippen LogP contribution in [0.3, 0.4) is 0 Å². The highest BCUT2D eigenvalue weighted by Crippen LogP contribution is 2.30. The van der Waals surface area contributed by atoms with Crippen molar-refractivity contribution >= 4 is 40.7 Å². The number of rotatable bonds is 6. The topological polar surface area (TPSA) is 87.7 Å². The van der Waals surface area contributed by atoms with E-state index in [2.05, 4.69) is 10.6 Å². The maximum atomic E-state index is 12.3. The van der Waals surface area contributed by atoms with Gasteiger partial charge in [-0.15, -0.1) is 0 Å². The molecule has 0 atom stereocenters. The third-order valence-corrected chi connectivity index (χ3v) is 5.09. The normalized spacial score (nSPS) is 13.3. The number of ether oxygens (including phenoxy) is 1. The van der Waals surface area contributed by atoms with Gasteiger partial charge in [0.25, 0.3) is 5.91 Å². The molecule has 0 aromatic heterocycles. The van der Waals surface area contributed by atoms with Gasteiger partial charge in [-0.25, -0.2) is 0 Å². The molecule has 3 amide bonds. The largest absolute Gasteiger partial charge is 0.495 e. The number of halogens is 1. The monoisotopic (exact) mass is 415 g/mol. The minimum atomic E-state index is -0.391. The molecule has 8 heteroatoms. The summed E-state index contributed by atoms with van der Waals surface area (Å²) in [7, 11) is 1.48. The summed E-state index contributed by atoms with van der Waals surface area (Å²) >= 11 is 6.06. The van der Waals surface area contributed by atoms with Crippen molar-refractivity contribution in [2.75, 3.05) is 30.4 Å². The number of aryl methyl sites for hydroxylation is 1. The SMILES string of the molecule is COc1cc(Cl)c(C)cc1NC(=O)CNC(=O)c1ccc(N2CCCC2=O)cc1. The first kappa shape index (κ1) is 20.7. The molecule has 0 bridgehead atoms. The van der Waals surface area contributed by atoms with E-state index in [1.807, 2.05) is 6.92 Å². The fraction of sp³-hybridized carbons (Fsp3) is 0.286. The van der Waals surface area contributed by atoms with Gasteiger partial charge >= 0.3 is 0 Å². The third kappa shape index (κ3) is 4.86. The molecular formula is C21H22ClN3O4. The van der Waals surface area contributed by atoms with Crippen molar-refractivity contribution < 1.29 is 19.1 Å². The molecule has 0 aliphatic carbocycles. The number of carbonyl (C=O) groups is 3. The minimum Gasteiger partial charge on any atom is -0.495 e. The lowest BCUT2D eigenvalue weighted by atomic mass is 10.2. The number of hydrogen-bond donors (Lipinski definition) is 2. The van der Waals surface area contributed by atoms with Crippen molar-refractivity contribution in [3.8, 4) is 5.75 Å². The van der Waals surface area contributed by atoms with Crippen LogP contribution < -0.4 is 20.3 Å². The van der Waals surface area contributed by atoms with Crippen LogP contribution in [0, 0.1) is 6.92 Å². The van der Waals surface area contributed by atoms with Crippen LogP contribution in [0.4, 0.5) is 11.4 Å². The van der Waals surface area contributed by atoms with E-state index in [1.165, 1.54) is 7.11 Å². The van der Waals surface area contributed by atoms with Crippen LogP contribution in [0.1, 0.15) is 28.8 Å². The lowest BCUT2D eigenvalue weighted by Crippen LogP contribution is -2.33. The van der Waals surface area contributed by atoms with E-state index in [0.717, 1.165) is 17.7 Å². The Morgan fingerprint density at radius 1 is 1.21 bits per heavy atom. The van der Waals surface area contributed by atoms with Gasteiger partial charge in [-0.1, -0.05) is 11.6 Å². The molecule has 0 unspecified atom stereocenters. The van der Waals surface area contributed by atoms with E-state index in [4.69, 9.17) is 16.3 Å². The number of nitrogens with zero attached hydrogens (tertiary/aromatic N) is 1. The number of anilines is 2. The zero-order valence-electron chi connectivity index (χ0n) is 16.3. The Balaban J connectivity index is 1.57. The van der Waals surface area contributed by atoms with Crippen LogP contribution in [0.15, 0.2) is 36.4 Å². The summed E-state index contributed by atoms with van der Waals surface area (Å²) in [6.07, 6.45) is 1.39. The van der Waals surface area contributed by atoms with Crippen LogP contribution in [-0.4, -0.2) is 37.9 Å². The van der Waals surface area contributed by atoms with Crippen LogP contribution in [0.5, 0.6) is 5.75 Å². The summed E-state index contributed by atoms with van der Waals surface area (Å²) in [6.45, 7) is 2.31. The van der Waals surface area contributed by atoms with E-state index in [9.17, 15) is 14.4 Å². The maximum absolute atomic E-state index is 12.3. The Morgan fingerprint density at radius 3 is 2.55 bits per heavy atom. The fourth-order valence-electron chi connectivity index (χ4n) is 3.10. The van der Waals surface area contributed by atoms with Gasteiger partial charge in [0.2, 0.25) is 11.8 Å². The molecule has 0 saturated carbocycles. The van der Waals surface area contributed by atoms with Gasteiger partial charge in [-0.05, 0) is 49.2 Å². The van der Waals surface area contributed by atoms with Gasteiger partial charge in [-0.3, -0.25) is 14.4 Å². The summed E-state index contributed by atoms with van der Waals surface area (Å²) < 4.78 is 5.22. The highest BCUT2D eigenvalue weighted by molar-refractivity contribution is 6.31. The Hall–Kier alpha value is -3.06. The number of nitrogens with one attached hydrogen (secondary N) is 2.